The number of nitrogens with zero attached hydrogens (tertiary/aromatic N) is 2. The van der Waals surface area contributed by atoms with Crippen LogP contribution in [0.1, 0.15) is 31.7 Å². The smallest absolute Gasteiger partial charge is 0.222 e. The van der Waals surface area contributed by atoms with Crippen LogP contribution in [0.2, 0.25) is 0 Å². The predicted molar refractivity (Wildman–Crippen MR) is 99.0 cm³/mol. The first-order chi connectivity index (χ1) is 11.8. The van der Waals surface area contributed by atoms with Gasteiger partial charge < -0.3 is 9.80 Å². The summed E-state index contributed by atoms with van der Waals surface area (Å²) in [7, 11) is 0. The van der Waals surface area contributed by atoms with Crippen LogP contribution in [-0.2, 0) is 11.3 Å². The van der Waals surface area contributed by atoms with Gasteiger partial charge in [0.25, 0.3) is 0 Å². The van der Waals surface area contributed by atoms with E-state index in [2.05, 4.69) is 52.3 Å². The average Bonchev–Trinajstić information content (AvgIpc) is 2.67. The maximum Gasteiger partial charge on any atom is 0.222 e. The third kappa shape index (κ3) is 3.97. The molecule has 0 spiro atoms. The summed E-state index contributed by atoms with van der Waals surface area (Å²) < 4.78 is 0. The number of piperidine rings is 1. The lowest BCUT2D eigenvalue weighted by molar-refractivity contribution is -0.134. The second-order valence-corrected chi connectivity index (χ2v) is 6.41. The van der Waals surface area contributed by atoms with Crippen LogP contribution in [-0.4, -0.2) is 29.9 Å². The van der Waals surface area contributed by atoms with E-state index in [9.17, 15) is 4.79 Å². The molecule has 1 amide bonds. The third-order valence-electron chi connectivity index (χ3n) is 4.85. The lowest BCUT2D eigenvalue weighted by Gasteiger charge is -2.39. The summed E-state index contributed by atoms with van der Waals surface area (Å²) in [6.07, 6.45) is 2.65. The van der Waals surface area contributed by atoms with Crippen LogP contribution in [0.5, 0.6) is 0 Å². The van der Waals surface area contributed by atoms with Gasteiger partial charge in [-0.25, -0.2) is 0 Å². The first-order valence-corrected chi connectivity index (χ1v) is 8.91. The Bertz CT molecular complexity index is 633. The minimum atomic E-state index is 0.261. The maximum absolute atomic E-state index is 12.5. The highest BCUT2D eigenvalue weighted by Crippen LogP contribution is 2.24. The van der Waals surface area contributed by atoms with Crippen LogP contribution in [0.3, 0.4) is 0 Å². The number of benzene rings is 2. The van der Waals surface area contributed by atoms with Crippen molar-refractivity contribution in [2.75, 3.05) is 18.0 Å². The predicted octanol–water partition coefficient (Wildman–Crippen LogP) is 4.09. The molecule has 24 heavy (non-hydrogen) atoms. The summed E-state index contributed by atoms with van der Waals surface area (Å²) in [5, 5.41) is 0. The van der Waals surface area contributed by atoms with Gasteiger partial charge in [0.05, 0.1) is 0 Å². The monoisotopic (exact) mass is 322 g/mol. The van der Waals surface area contributed by atoms with Crippen LogP contribution in [0, 0.1) is 0 Å². The van der Waals surface area contributed by atoms with Crippen molar-refractivity contribution < 1.29 is 4.79 Å². The molecule has 1 aliphatic heterocycles. The molecular weight excluding hydrogens is 296 g/mol. The lowest BCUT2D eigenvalue weighted by Crippen LogP contribution is -2.47. The second kappa shape index (κ2) is 8.00. The topological polar surface area (TPSA) is 23.6 Å². The zero-order valence-corrected chi connectivity index (χ0v) is 14.4. The molecule has 1 saturated heterocycles. The van der Waals surface area contributed by atoms with E-state index in [1.54, 1.807) is 0 Å². The molecule has 1 heterocycles. The molecule has 1 fully saturated rings. The largest absolute Gasteiger partial charge is 0.371 e. The van der Waals surface area contributed by atoms with Gasteiger partial charge in [0.2, 0.25) is 5.91 Å². The molecular formula is C21H26N2O. The SMILES string of the molecule is CCC(=O)N(Cc1ccccc1)C1CCN(c2ccccc2)CC1. The van der Waals surface area contributed by atoms with Crippen molar-refractivity contribution in [2.45, 2.75) is 38.8 Å². The van der Waals surface area contributed by atoms with Crippen LogP contribution >= 0.6 is 0 Å². The molecule has 0 atom stereocenters. The Morgan fingerprint density at radius 3 is 2.17 bits per heavy atom. The Hall–Kier alpha value is -2.29. The number of carbonyl (C=O) groups is 1. The lowest BCUT2D eigenvalue weighted by atomic mass is 10.0. The Balaban J connectivity index is 1.65. The van der Waals surface area contributed by atoms with E-state index in [1.165, 1.54) is 11.3 Å². The summed E-state index contributed by atoms with van der Waals surface area (Å²) in [5.41, 5.74) is 2.50. The van der Waals surface area contributed by atoms with E-state index in [-0.39, 0.29) is 5.91 Å². The van der Waals surface area contributed by atoms with Gasteiger partial charge in [0.15, 0.2) is 0 Å². The first-order valence-electron chi connectivity index (χ1n) is 8.91. The number of anilines is 1. The summed E-state index contributed by atoms with van der Waals surface area (Å²) in [6, 6.07) is 21.2. The van der Waals surface area contributed by atoms with Gasteiger partial charge in [-0.05, 0) is 30.5 Å². The van der Waals surface area contributed by atoms with Crippen LogP contribution < -0.4 is 4.90 Å². The highest BCUT2D eigenvalue weighted by atomic mass is 16.2. The molecule has 2 aromatic rings. The van der Waals surface area contributed by atoms with Gasteiger partial charge in [0.1, 0.15) is 0 Å². The molecule has 0 bridgehead atoms. The number of hydrogen-bond acceptors (Lipinski definition) is 2. The molecule has 1 aliphatic rings. The second-order valence-electron chi connectivity index (χ2n) is 6.41. The Labute approximate surface area is 144 Å². The minimum Gasteiger partial charge on any atom is -0.371 e. The van der Waals surface area contributed by atoms with Gasteiger partial charge in [0, 0.05) is 37.8 Å². The molecule has 3 nitrogen and oxygen atoms in total. The Morgan fingerprint density at radius 1 is 1.00 bits per heavy atom. The van der Waals surface area contributed by atoms with Gasteiger partial charge in [-0.1, -0.05) is 55.5 Å². The fourth-order valence-electron chi connectivity index (χ4n) is 3.48. The van der Waals surface area contributed by atoms with Gasteiger partial charge >= 0.3 is 0 Å². The fourth-order valence-corrected chi connectivity index (χ4v) is 3.48. The van der Waals surface area contributed by atoms with Crippen LogP contribution in [0.15, 0.2) is 60.7 Å². The zero-order valence-electron chi connectivity index (χ0n) is 14.4. The molecule has 0 unspecified atom stereocenters. The van der Waals surface area contributed by atoms with E-state index < -0.39 is 0 Å². The van der Waals surface area contributed by atoms with Gasteiger partial charge in [-0.15, -0.1) is 0 Å². The van der Waals surface area contributed by atoms with Crippen molar-refractivity contribution in [3.8, 4) is 0 Å². The van der Waals surface area contributed by atoms with Gasteiger partial charge in [-0.3, -0.25) is 4.79 Å². The van der Waals surface area contributed by atoms with Crippen molar-refractivity contribution in [3.63, 3.8) is 0 Å². The fraction of sp³-hybridized carbons (Fsp3) is 0.381. The van der Waals surface area contributed by atoms with Crippen LogP contribution in [0.4, 0.5) is 5.69 Å². The molecule has 0 radical (unpaired) electrons. The van der Waals surface area contributed by atoms with Crippen LogP contribution in [0.25, 0.3) is 0 Å². The minimum absolute atomic E-state index is 0.261. The number of hydrogen-bond donors (Lipinski definition) is 0. The molecule has 126 valence electrons. The molecule has 0 aromatic heterocycles. The number of para-hydroxylation sites is 1. The van der Waals surface area contributed by atoms with Gasteiger partial charge in [-0.2, -0.15) is 0 Å². The number of amides is 1. The normalized spacial score (nSPS) is 15.3. The molecule has 3 heteroatoms. The van der Waals surface area contributed by atoms with Crippen molar-refractivity contribution in [1.82, 2.24) is 4.90 Å². The Kier molecular flexibility index (Phi) is 5.52. The van der Waals surface area contributed by atoms with Crippen molar-refractivity contribution in [2.24, 2.45) is 0 Å². The van der Waals surface area contributed by atoms with Crippen molar-refractivity contribution in [1.29, 1.82) is 0 Å². The number of rotatable bonds is 5. The Morgan fingerprint density at radius 2 is 1.58 bits per heavy atom. The molecule has 0 aliphatic carbocycles. The van der Waals surface area contributed by atoms with Crippen molar-refractivity contribution in [3.05, 3.63) is 66.2 Å². The van der Waals surface area contributed by atoms with E-state index in [0.717, 1.165) is 32.5 Å². The summed E-state index contributed by atoms with van der Waals surface area (Å²) in [6.45, 7) is 4.71. The van der Waals surface area contributed by atoms with E-state index in [1.807, 2.05) is 25.1 Å². The maximum atomic E-state index is 12.5. The van der Waals surface area contributed by atoms with E-state index in [0.29, 0.717) is 12.5 Å². The zero-order chi connectivity index (χ0) is 16.8. The summed E-state index contributed by atoms with van der Waals surface area (Å²) in [4.78, 5) is 17.0. The molecule has 0 saturated carbocycles. The third-order valence-corrected chi connectivity index (χ3v) is 4.85. The first kappa shape index (κ1) is 16.6. The molecule has 0 N–H and O–H groups in total. The highest BCUT2D eigenvalue weighted by Gasteiger charge is 2.27. The summed E-state index contributed by atoms with van der Waals surface area (Å²) in [5.74, 6) is 0.261. The molecule has 2 aromatic carbocycles. The standard InChI is InChI=1S/C21H26N2O/c1-2-21(24)23(17-18-9-5-3-6-10-18)20-13-15-22(16-14-20)19-11-7-4-8-12-19/h3-12,20H,2,13-17H2,1H3. The van der Waals surface area contributed by atoms with Crippen molar-refractivity contribution >= 4 is 11.6 Å². The summed E-state index contributed by atoms with van der Waals surface area (Å²) >= 11 is 0. The highest BCUT2D eigenvalue weighted by molar-refractivity contribution is 5.76. The van der Waals surface area contributed by atoms with E-state index in [4.69, 9.17) is 0 Å². The average molecular weight is 322 g/mol. The van der Waals surface area contributed by atoms with E-state index >= 15 is 0 Å². The molecule has 3 rings (SSSR count). The quantitative estimate of drug-likeness (QED) is 0.827. The number of carbonyl (C=O) groups excluding carboxylic acids is 1.